The van der Waals surface area contributed by atoms with Crippen molar-refractivity contribution >= 4 is 22.4 Å². The molecule has 2 N–H and O–H groups in total. The summed E-state index contributed by atoms with van der Waals surface area (Å²) in [6, 6.07) is 11.4. The maximum atomic E-state index is 11.8. The van der Waals surface area contributed by atoms with Crippen molar-refractivity contribution in [2.75, 3.05) is 12.3 Å². The first-order chi connectivity index (χ1) is 8.22. The lowest BCUT2D eigenvalue weighted by molar-refractivity contribution is 0.0506. The predicted octanol–water partition coefficient (Wildman–Crippen LogP) is 2.99. The maximum Gasteiger partial charge on any atom is 0.340 e. The van der Waals surface area contributed by atoms with Crippen molar-refractivity contribution < 1.29 is 9.53 Å². The summed E-state index contributed by atoms with van der Waals surface area (Å²) in [5.41, 5.74) is 6.76. The molecule has 0 saturated carbocycles. The van der Waals surface area contributed by atoms with Crippen LogP contribution in [0.25, 0.3) is 10.8 Å². The van der Waals surface area contributed by atoms with Crippen molar-refractivity contribution in [3.8, 4) is 0 Å². The normalized spacial score (nSPS) is 10.4. The van der Waals surface area contributed by atoms with Crippen LogP contribution in [0.4, 0.5) is 5.69 Å². The molecular formula is C14H15NO2. The summed E-state index contributed by atoms with van der Waals surface area (Å²) < 4.78 is 5.09. The number of carbonyl (C=O) groups is 1. The molecular weight excluding hydrogens is 214 g/mol. The highest BCUT2D eigenvalue weighted by Crippen LogP contribution is 2.22. The summed E-state index contributed by atoms with van der Waals surface area (Å²) in [6.45, 7) is 2.38. The standard InChI is InChI=1S/C14H15NO2/c1-2-7-17-14(16)12-8-10-5-3-4-6-11(10)9-13(12)15/h3-6,8-9H,2,7,15H2,1H3. The summed E-state index contributed by atoms with van der Waals surface area (Å²) in [4.78, 5) is 11.8. The van der Waals surface area contributed by atoms with Crippen molar-refractivity contribution in [1.29, 1.82) is 0 Å². The second-order valence-electron chi connectivity index (χ2n) is 3.92. The Morgan fingerprint density at radius 2 is 1.88 bits per heavy atom. The van der Waals surface area contributed by atoms with Gasteiger partial charge in [0.1, 0.15) is 0 Å². The molecule has 0 aromatic heterocycles. The van der Waals surface area contributed by atoms with Gasteiger partial charge in [-0.25, -0.2) is 4.79 Å². The number of esters is 1. The molecule has 0 aliphatic rings. The molecule has 0 atom stereocenters. The van der Waals surface area contributed by atoms with Gasteiger partial charge in [-0.2, -0.15) is 0 Å². The van der Waals surface area contributed by atoms with Crippen LogP contribution in [0.5, 0.6) is 0 Å². The third-order valence-electron chi connectivity index (χ3n) is 2.58. The van der Waals surface area contributed by atoms with E-state index in [0.717, 1.165) is 17.2 Å². The zero-order chi connectivity index (χ0) is 12.3. The molecule has 0 aliphatic heterocycles. The Morgan fingerprint density at radius 3 is 2.53 bits per heavy atom. The number of fused-ring (bicyclic) bond motifs is 1. The van der Waals surface area contributed by atoms with Crippen molar-refractivity contribution in [3.05, 3.63) is 42.0 Å². The van der Waals surface area contributed by atoms with Crippen LogP contribution in [0.15, 0.2) is 36.4 Å². The SMILES string of the molecule is CCCOC(=O)c1cc2ccccc2cc1N. The zero-order valence-corrected chi connectivity index (χ0v) is 9.77. The van der Waals surface area contributed by atoms with Gasteiger partial charge < -0.3 is 10.5 Å². The van der Waals surface area contributed by atoms with Crippen molar-refractivity contribution in [2.45, 2.75) is 13.3 Å². The van der Waals surface area contributed by atoms with E-state index in [1.807, 2.05) is 31.2 Å². The molecule has 2 rings (SSSR count). The highest BCUT2D eigenvalue weighted by Gasteiger charge is 2.11. The quantitative estimate of drug-likeness (QED) is 0.650. The summed E-state index contributed by atoms with van der Waals surface area (Å²) in [7, 11) is 0. The highest BCUT2D eigenvalue weighted by atomic mass is 16.5. The summed E-state index contributed by atoms with van der Waals surface area (Å²) >= 11 is 0. The Morgan fingerprint density at radius 1 is 1.24 bits per heavy atom. The molecule has 2 aromatic carbocycles. The molecule has 17 heavy (non-hydrogen) atoms. The van der Waals surface area contributed by atoms with Crippen molar-refractivity contribution in [1.82, 2.24) is 0 Å². The van der Waals surface area contributed by atoms with Crippen molar-refractivity contribution in [3.63, 3.8) is 0 Å². The van der Waals surface area contributed by atoms with Gasteiger partial charge in [-0.3, -0.25) is 0 Å². The topological polar surface area (TPSA) is 52.3 Å². The summed E-state index contributed by atoms with van der Waals surface area (Å²) in [6.07, 6.45) is 0.805. The number of nitrogen functional groups attached to an aromatic ring is 1. The van der Waals surface area contributed by atoms with Gasteiger partial charge in [-0.15, -0.1) is 0 Å². The van der Waals surface area contributed by atoms with Crippen molar-refractivity contribution in [2.24, 2.45) is 0 Å². The number of benzene rings is 2. The second kappa shape index (κ2) is 4.87. The van der Waals surface area contributed by atoms with E-state index in [-0.39, 0.29) is 5.97 Å². The van der Waals surface area contributed by atoms with Gasteiger partial charge in [0.15, 0.2) is 0 Å². The Labute approximate surface area is 100 Å². The lowest BCUT2D eigenvalue weighted by Gasteiger charge is -2.07. The first kappa shape index (κ1) is 11.5. The Bertz CT molecular complexity index is 549. The number of hydrogen-bond donors (Lipinski definition) is 1. The number of nitrogens with two attached hydrogens (primary N) is 1. The fourth-order valence-corrected chi connectivity index (χ4v) is 1.71. The average Bonchev–Trinajstić information content (AvgIpc) is 2.35. The van der Waals surface area contributed by atoms with E-state index in [9.17, 15) is 4.79 Å². The van der Waals surface area contributed by atoms with Crippen LogP contribution in [0.1, 0.15) is 23.7 Å². The summed E-state index contributed by atoms with van der Waals surface area (Å²) in [5.74, 6) is -0.352. The molecule has 3 nitrogen and oxygen atoms in total. The fraction of sp³-hybridized carbons (Fsp3) is 0.214. The van der Waals surface area contributed by atoms with Crippen LogP contribution in [0.2, 0.25) is 0 Å². The van der Waals surface area contributed by atoms with Gasteiger partial charge in [-0.1, -0.05) is 31.2 Å². The number of anilines is 1. The van der Waals surface area contributed by atoms with Crippen LogP contribution in [0, 0.1) is 0 Å². The Hall–Kier alpha value is -2.03. The molecule has 0 saturated heterocycles. The van der Waals surface area contributed by atoms with Crippen LogP contribution in [-0.2, 0) is 4.74 Å². The third kappa shape index (κ3) is 2.38. The first-order valence-electron chi connectivity index (χ1n) is 5.67. The first-order valence-corrected chi connectivity index (χ1v) is 5.67. The molecule has 2 aromatic rings. The van der Waals surface area contributed by atoms with E-state index in [4.69, 9.17) is 10.5 Å². The van der Waals surface area contributed by atoms with Gasteiger partial charge in [0.05, 0.1) is 12.2 Å². The molecule has 0 aliphatic carbocycles. The fourth-order valence-electron chi connectivity index (χ4n) is 1.71. The van der Waals surface area contributed by atoms with Gasteiger partial charge in [0.2, 0.25) is 0 Å². The van der Waals surface area contributed by atoms with E-state index in [2.05, 4.69) is 0 Å². The van der Waals surface area contributed by atoms with Gasteiger partial charge in [0, 0.05) is 5.69 Å². The van der Waals surface area contributed by atoms with Gasteiger partial charge in [0.25, 0.3) is 0 Å². The van der Waals surface area contributed by atoms with E-state index in [0.29, 0.717) is 17.9 Å². The van der Waals surface area contributed by atoms with E-state index in [1.165, 1.54) is 0 Å². The average molecular weight is 229 g/mol. The smallest absolute Gasteiger partial charge is 0.340 e. The van der Waals surface area contributed by atoms with E-state index >= 15 is 0 Å². The largest absolute Gasteiger partial charge is 0.462 e. The molecule has 0 unspecified atom stereocenters. The Balaban J connectivity index is 2.40. The van der Waals surface area contributed by atoms with Crippen LogP contribution in [0.3, 0.4) is 0 Å². The number of rotatable bonds is 3. The molecule has 0 amide bonds. The maximum absolute atomic E-state index is 11.8. The minimum absolute atomic E-state index is 0.352. The van der Waals surface area contributed by atoms with Crippen LogP contribution >= 0.6 is 0 Å². The van der Waals surface area contributed by atoms with Crippen LogP contribution in [-0.4, -0.2) is 12.6 Å². The number of ether oxygens (including phenoxy) is 1. The predicted molar refractivity (Wildman–Crippen MR) is 68.9 cm³/mol. The van der Waals surface area contributed by atoms with E-state index in [1.54, 1.807) is 12.1 Å². The number of carbonyl (C=O) groups excluding carboxylic acids is 1. The summed E-state index contributed by atoms with van der Waals surface area (Å²) in [5, 5.41) is 2.02. The molecule has 0 radical (unpaired) electrons. The lowest BCUT2D eigenvalue weighted by atomic mass is 10.1. The van der Waals surface area contributed by atoms with Gasteiger partial charge >= 0.3 is 5.97 Å². The lowest BCUT2D eigenvalue weighted by Crippen LogP contribution is -2.08. The van der Waals surface area contributed by atoms with Crippen LogP contribution < -0.4 is 5.73 Å². The minimum atomic E-state index is -0.352. The zero-order valence-electron chi connectivity index (χ0n) is 9.77. The third-order valence-corrected chi connectivity index (χ3v) is 2.58. The minimum Gasteiger partial charge on any atom is -0.462 e. The molecule has 0 bridgehead atoms. The van der Waals surface area contributed by atoms with E-state index < -0.39 is 0 Å². The monoisotopic (exact) mass is 229 g/mol. The molecule has 0 heterocycles. The molecule has 0 fully saturated rings. The molecule has 3 heteroatoms. The molecule has 88 valence electrons. The number of hydrogen-bond acceptors (Lipinski definition) is 3. The Kier molecular flexibility index (Phi) is 3.28. The highest BCUT2D eigenvalue weighted by molar-refractivity contribution is 6.01. The molecule has 0 spiro atoms. The van der Waals surface area contributed by atoms with Gasteiger partial charge in [-0.05, 0) is 29.3 Å². The second-order valence-corrected chi connectivity index (χ2v) is 3.92.